The lowest BCUT2D eigenvalue weighted by atomic mass is 10.2. The molecule has 0 saturated carbocycles. The third-order valence-electron chi connectivity index (χ3n) is 5.03. The molecule has 0 unspecified atom stereocenters. The third kappa shape index (κ3) is 6.98. The van der Waals surface area contributed by atoms with Crippen molar-refractivity contribution >= 4 is 47.3 Å². The zero-order chi connectivity index (χ0) is 21.3. The van der Waals surface area contributed by atoms with E-state index in [0.29, 0.717) is 18.8 Å². The molecule has 0 aliphatic carbocycles. The second-order valence-corrected chi connectivity index (χ2v) is 7.14. The number of anilines is 2. The number of guanidine groups is 1. The van der Waals surface area contributed by atoms with Crippen molar-refractivity contribution in [2.24, 2.45) is 4.99 Å². The van der Waals surface area contributed by atoms with Crippen LogP contribution in [0.1, 0.15) is 12.0 Å². The van der Waals surface area contributed by atoms with Gasteiger partial charge in [-0.15, -0.1) is 24.0 Å². The van der Waals surface area contributed by atoms with Crippen LogP contribution < -0.4 is 20.3 Å². The van der Waals surface area contributed by atoms with Crippen molar-refractivity contribution in [3.05, 3.63) is 48.2 Å². The Labute approximate surface area is 201 Å². The van der Waals surface area contributed by atoms with E-state index >= 15 is 0 Å². The fourth-order valence-corrected chi connectivity index (χ4v) is 3.42. The van der Waals surface area contributed by atoms with Gasteiger partial charge >= 0.3 is 0 Å². The number of rotatable bonds is 6. The summed E-state index contributed by atoms with van der Waals surface area (Å²) < 4.78 is 5.48. The van der Waals surface area contributed by atoms with Crippen LogP contribution in [-0.4, -0.2) is 68.6 Å². The molecule has 8 nitrogen and oxygen atoms in total. The number of halogens is 1. The Bertz CT molecular complexity index is 867. The van der Waals surface area contributed by atoms with Crippen molar-refractivity contribution in [2.45, 2.75) is 13.3 Å². The van der Waals surface area contributed by atoms with Gasteiger partial charge in [0, 0.05) is 52.4 Å². The third-order valence-corrected chi connectivity index (χ3v) is 5.03. The Morgan fingerprint density at radius 3 is 2.55 bits per heavy atom. The van der Waals surface area contributed by atoms with Crippen molar-refractivity contribution in [1.29, 1.82) is 0 Å². The largest absolute Gasteiger partial charge is 0.495 e. The zero-order valence-corrected chi connectivity index (χ0v) is 20.6. The number of hydrogen-bond acceptors (Lipinski definition) is 5. The summed E-state index contributed by atoms with van der Waals surface area (Å²) in [6.45, 7) is 5.91. The van der Waals surface area contributed by atoms with E-state index in [1.165, 1.54) is 0 Å². The molecular formula is C22H31IN6O2. The van der Waals surface area contributed by atoms with E-state index in [1.54, 1.807) is 26.4 Å². The minimum Gasteiger partial charge on any atom is -0.495 e. The molecule has 0 atom stereocenters. The number of amides is 1. The summed E-state index contributed by atoms with van der Waals surface area (Å²) in [5.41, 5.74) is 2.17. The predicted octanol–water partition coefficient (Wildman–Crippen LogP) is 2.74. The highest BCUT2D eigenvalue weighted by atomic mass is 127. The fourth-order valence-electron chi connectivity index (χ4n) is 3.42. The van der Waals surface area contributed by atoms with Gasteiger partial charge < -0.3 is 25.2 Å². The smallest absolute Gasteiger partial charge is 0.227 e. The summed E-state index contributed by atoms with van der Waals surface area (Å²) in [7, 11) is 3.47. The number of benzene rings is 1. The van der Waals surface area contributed by atoms with Crippen LogP contribution in [0.4, 0.5) is 11.5 Å². The highest BCUT2D eigenvalue weighted by Crippen LogP contribution is 2.28. The van der Waals surface area contributed by atoms with Gasteiger partial charge in [-0.05, 0) is 30.7 Å². The molecule has 168 valence electrons. The minimum absolute atomic E-state index is 0. The molecule has 1 aliphatic heterocycles. The normalized spacial score (nSPS) is 14.0. The number of aryl methyl sites for hydroxylation is 1. The van der Waals surface area contributed by atoms with Crippen LogP contribution in [0.25, 0.3) is 0 Å². The molecular weight excluding hydrogens is 507 g/mol. The quantitative estimate of drug-likeness (QED) is 0.335. The van der Waals surface area contributed by atoms with Crippen LogP contribution in [0.2, 0.25) is 0 Å². The number of carbonyl (C=O) groups excluding carboxylic acids is 1. The molecule has 31 heavy (non-hydrogen) atoms. The van der Waals surface area contributed by atoms with Crippen LogP contribution in [0.15, 0.2) is 47.6 Å². The number of ether oxygens (including phenoxy) is 1. The molecule has 1 aromatic heterocycles. The van der Waals surface area contributed by atoms with Crippen molar-refractivity contribution in [3.8, 4) is 5.75 Å². The lowest BCUT2D eigenvalue weighted by molar-refractivity contribution is -0.116. The average Bonchev–Trinajstić information content (AvgIpc) is 2.78. The first-order valence-electron chi connectivity index (χ1n) is 10.2. The Hall–Kier alpha value is -2.56. The molecule has 0 bridgehead atoms. The summed E-state index contributed by atoms with van der Waals surface area (Å²) in [6.07, 6.45) is 2.08. The maximum Gasteiger partial charge on any atom is 0.227 e. The number of piperazine rings is 1. The first kappa shape index (κ1) is 24.7. The number of nitrogens with zero attached hydrogens (tertiary/aromatic N) is 4. The molecule has 9 heteroatoms. The molecule has 1 aliphatic rings. The van der Waals surface area contributed by atoms with Gasteiger partial charge in [-0.2, -0.15) is 0 Å². The maximum absolute atomic E-state index is 12.1. The highest BCUT2D eigenvalue weighted by molar-refractivity contribution is 14.0. The van der Waals surface area contributed by atoms with E-state index < -0.39 is 0 Å². The van der Waals surface area contributed by atoms with Gasteiger partial charge in [0.2, 0.25) is 5.91 Å². The molecule has 0 spiro atoms. The topological polar surface area (TPSA) is 82.1 Å². The van der Waals surface area contributed by atoms with Crippen molar-refractivity contribution in [2.75, 3.05) is 57.1 Å². The number of nitrogens with one attached hydrogen (secondary N) is 2. The highest BCUT2D eigenvalue weighted by Gasteiger charge is 2.21. The number of aliphatic imine (C=N–C) groups is 1. The Morgan fingerprint density at radius 2 is 1.90 bits per heavy atom. The minimum atomic E-state index is -0.0738. The molecule has 2 aromatic rings. The molecule has 1 saturated heterocycles. The van der Waals surface area contributed by atoms with Crippen LogP contribution in [0.3, 0.4) is 0 Å². The molecule has 1 aromatic carbocycles. The van der Waals surface area contributed by atoms with E-state index in [4.69, 9.17) is 4.74 Å². The van der Waals surface area contributed by atoms with Gasteiger partial charge in [-0.3, -0.25) is 9.79 Å². The van der Waals surface area contributed by atoms with Gasteiger partial charge in [-0.1, -0.05) is 18.2 Å². The van der Waals surface area contributed by atoms with Crippen LogP contribution in [0.5, 0.6) is 5.75 Å². The molecule has 1 fully saturated rings. The summed E-state index contributed by atoms with van der Waals surface area (Å²) in [4.78, 5) is 25.3. The van der Waals surface area contributed by atoms with Gasteiger partial charge in [-0.25, -0.2) is 4.98 Å². The number of aromatic nitrogens is 1. The van der Waals surface area contributed by atoms with E-state index in [1.807, 2.05) is 31.2 Å². The summed E-state index contributed by atoms with van der Waals surface area (Å²) in [5, 5.41) is 6.11. The zero-order valence-electron chi connectivity index (χ0n) is 18.3. The van der Waals surface area contributed by atoms with E-state index in [2.05, 4.69) is 36.5 Å². The maximum atomic E-state index is 12.1. The Kier molecular flexibility index (Phi) is 9.83. The average molecular weight is 538 g/mol. The standard InChI is InChI=1S/C22H30N6O2.HI/c1-17-8-9-20(25-16-17)26-21(29)10-11-24-22(23-2)28-14-12-27(13-15-28)18-6-4-5-7-19(18)30-3;/h4-9,16H,10-15H2,1-3H3,(H,23,24)(H,25,26,29);1H. The van der Waals surface area contributed by atoms with Crippen LogP contribution in [-0.2, 0) is 4.79 Å². The first-order chi connectivity index (χ1) is 14.6. The van der Waals surface area contributed by atoms with Crippen LogP contribution in [0, 0.1) is 6.92 Å². The molecule has 0 radical (unpaired) electrons. The van der Waals surface area contributed by atoms with Gasteiger partial charge in [0.1, 0.15) is 11.6 Å². The lowest BCUT2D eigenvalue weighted by Crippen LogP contribution is -2.52. The van der Waals surface area contributed by atoms with Crippen molar-refractivity contribution in [3.63, 3.8) is 0 Å². The van der Waals surface area contributed by atoms with Crippen molar-refractivity contribution < 1.29 is 9.53 Å². The monoisotopic (exact) mass is 538 g/mol. The number of methoxy groups -OCH3 is 1. The molecule has 3 rings (SSSR count). The molecule has 1 amide bonds. The summed E-state index contributed by atoms with van der Waals surface area (Å²) in [6, 6.07) is 11.8. The number of hydrogen-bond donors (Lipinski definition) is 2. The second kappa shape index (κ2) is 12.3. The first-order valence-corrected chi connectivity index (χ1v) is 10.2. The lowest BCUT2D eigenvalue weighted by Gasteiger charge is -2.38. The van der Waals surface area contributed by atoms with E-state index in [9.17, 15) is 4.79 Å². The SMILES string of the molecule is CN=C(NCCC(=O)Nc1ccc(C)cn1)N1CCN(c2ccccc2OC)CC1.I. The van der Waals surface area contributed by atoms with Gasteiger partial charge in [0.15, 0.2) is 5.96 Å². The molecule has 2 heterocycles. The number of pyridine rings is 1. The van der Waals surface area contributed by atoms with Gasteiger partial charge in [0.05, 0.1) is 12.8 Å². The van der Waals surface area contributed by atoms with E-state index in [-0.39, 0.29) is 29.9 Å². The summed E-state index contributed by atoms with van der Waals surface area (Å²) >= 11 is 0. The van der Waals surface area contributed by atoms with E-state index in [0.717, 1.165) is 49.1 Å². The van der Waals surface area contributed by atoms with Gasteiger partial charge in [0.25, 0.3) is 0 Å². The number of carbonyl (C=O) groups is 1. The number of para-hydroxylation sites is 2. The fraction of sp³-hybridized carbons (Fsp3) is 0.409. The van der Waals surface area contributed by atoms with Crippen LogP contribution >= 0.6 is 24.0 Å². The Balaban J connectivity index is 0.00000341. The molecule has 2 N–H and O–H groups in total. The Morgan fingerprint density at radius 1 is 1.16 bits per heavy atom. The predicted molar refractivity (Wildman–Crippen MR) is 136 cm³/mol. The van der Waals surface area contributed by atoms with Crippen molar-refractivity contribution in [1.82, 2.24) is 15.2 Å². The summed E-state index contributed by atoms with van der Waals surface area (Å²) in [5.74, 6) is 2.20. The second-order valence-electron chi connectivity index (χ2n) is 7.14.